The van der Waals surface area contributed by atoms with Crippen LogP contribution in [-0.2, 0) is 9.59 Å². The van der Waals surface area contributed by atoms with Gasteiger partial charge >= 0.3 is 5.97 Å². The van der Waals surface area contributed by atoms with Crippen LogP contribution < -0.4 is 0 Å². The summed E-state index contributed by atoms with van der Waals surface area (Å²) in [6.07, 6.45) is 7.59. The second-order valence-electron chi connectivity index (χ2n) is 5.35. The van der Waals surface area contributed by atoms with Gasteiger partial charge in [0.15, 0.2) is 0 Å². The standard InChI is InChI=1S/C13H17NO3/c15-12-11-8(2-1-3-10(11)13(16)17)6-7-14(12)9-4-5-9/h1-2,8-11H,3-7H2,(H,16,17)/t8-,10-,11+/m1/s1. The molecule has 1 saturated carbocycles. The summed E-state index contributed by atoms with van der Waals surface area (Å²) in [4.78, 5) is 25.6. The minimum atomic E-state index is -0.824. The second kappa shape index (κ2) is 3.86. The van der Waals surface area contributed by atoms with E-state index in [1.165, 1.54) is 0 Å². The number of fused-ring (bicyclic) bond motifs is 1. The first kappa shape index (κ1) is 10.8. The van der Waals surface area contributed by atoms with E-state index >= 15 is 0 Å². The van der Waals surface area contributed by atoms with Crippen molar-refractivity contribution in [2.45, 2.75) is 31.7 Å². The van der Waals surface area contributed by atoms with Gasteiger partial charge in [-0.3, -0.25) is 9.59 Å². The lowest BCUT2D eigenvalue weighted by Crippen LogP contribution is -2.51. The van der Waals surface area contributed by atoms with E-state index < -0.39 is 11.9 Å². The van der Waals surface area contributed by atoms with Crippen molar-refractivity contribution in [3.05, 3.63) is 12.2 Å². The monoisotopic (exact) mass is 235 g/mol. The number of carboxylic acid groups (broad SMARTS) is 1. The van der Waals surface area contributed by atoms with E-state index in [-0.39, 0.29) is 17.7 Å². The highest BCUT2D eigenvalue weighted by Gasteiger charge is 2.47. The summed E-state index contributed by atoms with van der Waals surface area (Å²) >= 11 is 0. The van der Waals surface area contributed by atoms with Crippen LogP contribution in [-0.4, -0.2) is 34.5 Å². The van der Waals surface area contributed by atoms with Gasteiger partial charge in [-0.1, -0.05) is 12.2 Å². The average molecular weight is 235 g/mol. The second-order valence-corrected chi connectivity index (χ2v) is 5.35. The van der Waals surface area contributed by atoms with Crippen molar-refractivity contribution >= 4 is 11.9 Å². The predicted octanol–water partition coefficient (Wildman–Crippen LogP) is 1.27. The van der Waals surface area contributed by atoms with Crippen LogP contribution in [0, 0.1) is 17.8 Å². The van der Waals surface area contributed by atoms with Crippen LogP contribution in [0.3, 0.4) is 0 Å². The normalized spacial score (nSPS) is 36.8. The lowest BCUT2D eigenvalue weighted by Gasteiger charge is -2.41. The number of aliphatic carboxylic acids is 1. The van der Waals surface area contributed by atoms with E-state index in [2.05, 4.69) is 0 Å². The van der Waals surface area contributed by atoms with E-state index in [1.807, 2.05) is 17.1 Å². The molecular weight excluding hydrogens is 218 g/mol. The zero-order chi connectivity index (χ0) is 12.0. The van der Waals surface area contributed by atoms with E-state index in [1.54, 1.807) is 0 Å². The van der Waals surface area contributed by atoms with Crippen LogP contribution in [0.25, 0.3) is 0 Å². The third-order valence-corrected chi connectivity index (χ3v) is 4.24. The Bertz CT molecular complexity index is 386. The molecule has 1 amide bonds. The first-order valence-electron chi connectivity index (χ1n) is 6.38. The number of hydrogen-bond donors (Lipinski definition) is 1. The van der Waals surface area contributed by atoms with Gasteiger partial charge in [0.1, 0.15) is 0 Å². The van der Waals surface area contributed by atoms with E-state index in [9.17, 15) is 14.7 Å². The molecule has 2 fully saturated rings. The number of hydrogen-bond acceptors (Lipinski definition) is 2. The highest BCUT2D eigenvalue weighted by atomic mass is 16.4. The number of carbonyl (C=O) groups is 2. The summed E-state index contributed by atoms with van der Waals surface area (Å²) in [5, 5.41) is 9.23. The number of nitrogens with zero attached hydrogens (tertiary/aromatic N) is 1. The number of carboxylic acids is 1. The van der Waals surface area contributed by atoms with Gasteiger partial charge < -0.3 is 10.0 Å². The Balaban J connectivity index is 1.86. The smallest absolute Gasteiger partial charge is 0.307 e. The molecule has 0 radical (unpaired) electrons. The summed E-state index contributed by atoms with van der Waals surface area (Å²) in [7, 11) is 0. The van der Waals surface area contributed by atoms with E-state index in [0.29, 0.717) is 12.5 Å². The molecular formula is C13H17NO3. The summed E-state index contributed by atoms with van der Waals surface area (Å²) in [5.74, 6) is -1.42. The molecule has 0 unspecified atom stereocenters. The van der Waals surface area contributed by atoms with Gasteiger partial charge in [-0.05, 0) is 31.6 Å². The fraction of sp³-hybridized carbons (Fsp3) is 0.692. The topological polar surface area (TPSA) is 57.6 Å². The number of allylic oxidation sites excluding steroid dienone is 2. The average Bonchev–Trinajstić information content (AvgIpc) is 3.13. The molecule has 1 N–H and O–H groups in total. The molecule has 1 heterocycles. The quantitative estimate of drug-likeness (QED) is 0.733. The number of rotatable bonds is 2. The Hall–Kier alpha value is -1.32. The SMILES string of the molecule is O=C(O)[C@@H]1CC=C[C@@H]2CCN(C3CC3)C(=O)[C@@H]21. The molecule has 0 spiro atoms. The molecule has 2 aliphatic carbocycles. The zero-order valence-corrected chi connectivity index (χ0v) is 9.71. The maximum atomic E-state index is 12.4. The van der Waals surface area contributed by atoms with Gasteiger partial charge in [0.05, 0.1) is 11.8 Å². The molecule has 92 valence electrons. The fourth-order valence-corrected chi connectivity index (χ4v) is 3.19. The van der Waals surface area contributed by atoms with Gasteiger partial charge in [-0.15, -0.1) is 0 Å². The molecule has 1 aliphatic heterocycles. The van der Waals surface area contributed by atoms with Crippen molar-refractivity contribution < 1.29 is 14.7 Å². The predicted molar refractivity (Wildman–Crippen MR) is 61.2 cm³/mol. The van der Waals surface area contributed by atoms with Crippen LogP contribution in [0.1, 0.15) is 25.7 Å². The van der Waals surface area contributed by atoms with Crippen LogP contribution in [0.2, 0.25) is 0 Å². The van der Waals surface area contributed by atoms with Crippen molar-refractivity contribution in [2.24, 2.45) is 17.8 Å². The van der Waals surface area contributed by atoms with Gasteiger partial charge in [-0.2, -0.15) is 0 Å². The summed E-state index contributed by atoms with van der Waals surface area (Å²) in [6.45, 7) is 0.807. The van der Waals surface area contributed by atoms with Crippen molar-refractivity contribution in [2.75, 3.05) is 6.54 Å². The number of carbonyl (C=O) groups excluding carboxylic acids is 1. The molecule has 0 aromatic heterocycles. The molecule has 0 bridgehead atoms. The Morgan fingerprint density at radius 1 is 1.35 bits per heavy atom. The van der Waals surface area contributed by atoms with Gasteiger partial charge in [0.2, 0.25) is 5.91 Å². The van der Waals surface area contributed by atoms with E-state index in [0.717, 1.165) is 25.8 Å². The van der Waals surface area contributed by atoms with Crippen molar-refractivity contribution in [3.63, 3.8) is 0 Å². The van der Waals surface area contributed by atoms with Gasteiger partial charge in [0.25, 0.3) is 0 Å². The van der Waals surface area contributed by atoms with Gasteiger partial charge in [-0.25, -0.2) is 0 Å². The molecule has 17 heavy (non-hydrogen) atoms. The first-order chi connectivity index (χ1) is 8.18. The fourth-order valence-electron chi connectivity index (χ4n) is 3.19. The first-order valence-corrected chi connectivity index (χ1v) is 6.38. The third kappa shape index (κ3) is 1.75. The molecule has 4 heteroatoms. The molecule has 3 rings (SSSR count). The molecule has 4 nitrogen and oxygen atoms in total. The maximum absolute atomic E-state index is 12.4. The van der Waals surface area contributed by atoms with Crippen molar-refractivity contribution in [1.29, 1.82) is 0 Å². The van der Waals surface area contributed by atoms with Crippen LogP contribution in [0.4, 0.5) is 0 Å². The lowest BCUT2D eigenvalue weighted by molar-refractivity contribution is -0.155. The third-order valence-electron chi connectivity index (χ3n) is 4.24. The Morgan fingerprint density at radius 2 is 2.12 bits per heavy atom. The number of likely N-dealkylation sites (tertiary alicyclic amines) is 1. The highest BCUT2D eigenvalue weighted by molar-refractivity contribution is 5.86. The van der Waals surface area contributed by atoms with Crippen molar-refractivity contribution in [3.8, 4) is 0 Å². The summed E-state index contributed by atoms with van der Waals surface area (Å²) in [6, 6.07) is 0.406. The molecule has 3 aliphatic rings. The highest BCUT2D eigenvalue weighted by Crippen LogP contribution is 2.40. The Kier molecular flexibility index (Phi) is 2.45. The van der Waals surface area contributed by atoms with E-state index in [4.69, 9.17) is 0 Å². The van der Waals surface area contributed by atoms with Crippen LogP contribution in [0.5, 0.6) is 0 Å². The molecule has 0 aromatic rings. The number of amides is 1. The van der Waals surface area contributed by atoms with Crippen LogP contribution >= 0.6 is 0 Å². The van der Waals surface area contributed by atoms with Crippen LogP contribution in [0.15, 0.2) is 12.2 Å². The Labute approximate surface area is 100 Å². The number of piperidine rings is 1. The van der Waals surface area contributed by atoms with Gasteiger partial charge in [0, 0.05) is 12.6 Å². The molecule has 0 aromatic carbocycles. The zero-order valence-electron chi connectivity index (χ0n) is 9.71. The minimum absolute atomic E-state index is 0.0838. The summed E-state index contributed by atoms with van der Waals surface area (Å²) < 4.78 is 0. The lowest BCUT2D eigenvalue weighted by atomic mass is 9.71. The summed E-state index contributed by atoms with van der Waals surface area (Å²) in [5.41, 5.74) is 0. The Morgan fingerprint density at radius 3 is 2.76 bits per heavy atom. The molecule has 1 saturated heterocycles. The molecule has 3 atom stereocenters. The minimum Gasteiger partial charge on any atom is -0.481 e. The maximum Gasteiger partial charge on any atom is 0.307 e. The van der Waals surface area contributed by atoms with Crippen molar-refractivity contribution in [1.82, 2.24) is 4.90 Å². The largest absolute Gasteiger partial charge is 0.481 e.